The zero-order valence-corrected chi connectivity index (χ0v) is 11.8. The average Bonchev–Trinajstić information content (AvgIpc) is 2.93. The van der Waals surface area contributed by atoms with Crippen LogP contribution in [0.2, 0.25) is 0 Å². The third-order valence-corrected chi connectivity index (χ3v) is 4.85. The van der Waals surface area contributed by atoms with Crippen molar-refractivity contribution in [2.75, 3.05) is 6.54 Å². The maximum Gasteiger partial charge on any atom is 0.272 e. The van der Waals surface area contributed by atoms with E-state index in [4.69, 9.17) is 0 Å². The fraction of sp³-hybridized carbons (Fsp3) is 0.769. The van der Waals surface area contributed by atoms with Gasteiger partial charge in [0.15, 0.2) is 5.69 Å². The van der Waals surface area contributed by atoms with Crippen molar-refractivity contribution in [2.24, 2.45) is 0 Å². The topological polar surface area (TPSA) is 66.9 Å². The lowest BCUT2D eigenvalue weighted by molar-refractivity contribution is 0.0888. The number of hydrogen-bond acceptors (Lipinski definition) is 5. The molecule has 2 N–H and O–H groups in total. The first-order chi connectivity index (χ1) is 9.27. The van der Waals surface area contributed by atoms with Gasteiger partial charge in [0.25, 0.3) is 5.91 Å². The molecule has 19 heavy (non-hydrogen) atoms. The van der Waals surface area contributed by atoms with Crippen LogP contribution in [0.1, 0.15) is 55.4 Å². The number of aromatic nitrogens is 2. The molecule has 2 heterocycles. The summed E-state index contributed by atoms with van der Waals surface area (Å²) in [6.07, 6.45) is 10.1. The second-order valence-electron chi connectivity index (χ2n) is 5.72. The predicted molar refractivity (Wildman–Crippen MR) is 74.2 cm³/mol. The van der Waals surface area contributed by atoms with E-state index < -0.39 is 0 Å². The Hall–Kier alpha value is -1.01. The summed E-state index contributed by atoms with van der Waals surface area (Å²) >= 11 is 1.08. The van der Waals surface area contributed by atoms with E-state index in [2.05, 4.69) is 19.4 Å². The van der Waals surface area contributed by atoms with Gasteiger partial charge in [0.05, 0.1) is 17.9 Å². The maximum atomic E-state index is 12.0. The third kappa shape index (κ3) is 2.95. The van der Waals surface area contributed by atoms with Gasteiger partial charge in [-0.15, -0.1) is 0 Å². The molecular formula is C13H20N4OS. The van der Waals surface area contributed by atoms with Crippen LogP contribution < -0.4 is 10.6 Å². The van der Waals surface area contributed by atoms with Gasteiger partial charge in [-0.05, 0) is 32.2 Å². The standard InChI is InChI=1S/C13H20N4OS/c18-12(11-9-15-19-17-11)16-10-4-7-14-13(8-10)5-2-1-3-6-13/h9-10,14H,1-8H2,(H,16,18). The van der Waals surface area contributed by atoms with Crippen LogP contribution in [0.25, 0.3) is 0 Å². The first kappa shape index (κ1) is 13.0. The fourth-order valence-corrected chi connectivity index (χ4v) is 3.83. The molecule has 1 atom stereocenters. The van der Waals surface area contributed by atoms with Crippen LogP contribution in [0.15, 0.2) is 6.20 Å². The monoisotopic (exact) mass is 280 g/mol. The third-order valence-electron chi connectivity index (χ3n) is 4.37. The highest BCUT2D eigenvalue weighted by Gasteiger charge is 2.37. The molecule has 2 aliphatic rings. The number of piperidine rings is 1. The van der Waals surface area contributed by atoms with Gasteiger partial charge < -0.3 is 10.6 Å². The van der Waals surface area contributed by atoms with Crippen molar-refractivity contribution in [3.63, 3.8) is 0 Å². The quantitative estimate of drug-likeness (QED) is 0.865. The number of nitrogens with zero attached hydrogens (tertiary/aromatic N) is 2. The fourth-order valence-electron chi connectivity index (χ4n) is 3.41. The largest absolute Gasteiger partial charge is 0.348 e. The lowest BCUT2D eigenvalue weighted by Gasteiger charge is -2.44. The van der Waals surface area contributed by atoms with Gasteiger partial charge in [0.1, 0.15) is 0 Å². The van der Waals surface area contributed by atoms with Gasteiger partial charge in [-0.1, -0.05) is 19.3 Å². The molecule has 6 heteroatoms. The molecule has 1 aromatic rings. The molecule has 3 rings (SSSR count). The van der Waals surface area contributed by atoms with Crippen LogP contribution in [0.3, 0.4) is 0 Å². The lowest BCUT2D eigenvalue weighted by atomic mass is 9.75. The average molecular weight is 280 g/mol. The molecule has 1 saturated carbocycles. The number of amides is 1. The Morgan fingerprint density at radius 3 is 3.00 bits per heavy atom. The van der Waals surface area contributed by atoms with Gasteiger partial charge in [0.2, 0.25) is 0 Å². The van der Waals surface area contributed by atoms with Gasteiger partial charge >= 0.3 is 0 Å². The Kier molecular flexibility index (Phi) is 3.79. The molecule has 1 amide bonds. The summed E-state index contributed by atoms with van der Waals surface area (Å²) < 4.78 is 7.87. The van der Waals surface area contributed by atoms with Crippen LogP contribution in [0.4, 0.5) is 0 Å². The minimum atomic E-state index is -0.0772. The molecule has 2 fully saturated rings. The predicted octanol–water partition coefficient (Wildman–Crippen LogP) is 1.72. The first-order valence-electron chi connectivity index (χ1n) is 7.11. The van der Waals surface area contributed by atoms with Crippen molar-refractivity contribution in [1.29, 1.82) is 0 Å². The van der Waals surface area contributed by atoms with Crippen molar-refractivity contribution in [3.05, 3.63) is 11.9 Å². The number of rotatable bonds is 2. The van der Waals surface area contributed by atoms with Crippen LogP contribution in [0.5, 0.6) is 0 Å². The van der Waals surface area contributed by atoms with Crippen LogP contribution in [-0.2, 0) is 0 Å². The summed E-state index contributed by atoms with van der Waals surface area (Å²) in [4.78, 5) is 12.0. The van der Waals surface area contributed by atoms with E-state index in [-0.39, 0.29) is 17.5 Å². The van der Waals surface area contributed by atoms with Gasteiger partial charge in [-0.3, -0.25) is 4.79 Å². The minimum Gasteiger partial charge on any atom is -0.348 e. The van der Waals surface area contributed by atoms with Gasteiger partial charge in [-0.25, -0.2) is 0 Å². The van der Waals surface area contributed by atoms with E-state index >= 15 is 0 Å². The first-order valence-corrected chi connectivity index (χ1v) is 7.84. The Bertz CT molecular complexity index is 422. The molecule has 104 valence electrons. The summed E-state index contributed by atoms with van der Waals surface area (Å²) in [7, 11) is 0. The van der Waals surface area contributed by atoms with Crippen molar-refractivity contribution >= 4 is 17.6 Å². The highest BCUT2D eigenvalue weighted by atomic mass is 32.1. The number of nitrogens with one attached hydrogen (secondary N) is 2. The van der Waals surface area contributed by atoms with Crippen LogP contribution in [0, 0.1) is 0 Å². The second-order valence-corrected chi connectivity index (χ2v) is 6.28. The number of carbonyl (C=O) groups excluding carboxylic acids is 1. The summed E-state index contributed by atoms with van der Waals surface area (Å²) in [6.45, 7) is 1.00. The second kappa shape index (κ2) is 5.54. The smallest absolute Gasteiger partial charge is 0.272 e. The van der Waals surface area contributed by atoms with Gasteiger partial charge in [-0.2, -0.15) is 8.75 Å². The molecule has 1 unspecified atom stereocenters. The maximum absolute atomic E-state index is 12.0. The minimum absolute atomic E-state index is 0.0772. The van der Waals surface area contributed by atoms with Crippen molar-refractivity contribution in [1.82, 2.24) is 19.4 Å². The Balaban J connectivity index is 1.60. The molecule has 0 aromatic carbocycles. The molecule has 1 aromatic heterocycles. The lowest BCUT2D eigenvalue weighted by Crippen LogP contribution is -2.57. The Morgan fingerprint density at radius 1 is 1.42 bits per heavy atom. The van der Waals surface area contributed by atoms with Crippen molar-refractivity contribution in [2.45, 2.75) is 56.5 Å². The van der Waals surface area contributed by atoms with E-state index in [9.17, 15) is 4.79 Å². The molecule has 1 saturated heterocycles. The van der Waals surface area contributed by atoms with Crippen LogP contribution >= 0.6 is 11.7 Å². The van der Waals surface area contributed by atoms with Crippen molar-refractivity contribution < 1.29 is 4.79 Å². The van der Waals surface area contributed by atoms with Crippen molar-refractivity contribution in [3.8, 4) is 0 Å². The van der Waals surface area contributed by atoms with E-state index in [1.807, 2.05) is 0 Å². The molecule has 0 bridgehead atoms. The molecule has 1 aliphatic heterocycles. The van der Waals surface area contributed by atoms with E-state index in [0.29, 0.717) is 5.69 Å². The highest BCUT2D eigenvalue weighted by Crippen LogP contribution is 2.34. The summed E-state index contributed by atoms with van der Waals surface area (Å²) in [6, 6.07) is 0.272. The van der Waals surface area contributed by atoms with E-state index in [1.54, 1.807) is 0 Å². The number of carbonyl (C=O) groups is 1. The summed E-state index contributed by atoms with van der Waals surface area (Å²) in [5.74, 6) is -0.0772. The SMILES string of the molecule is O=C(NC1CCNC2(CCCCC2)C1)c1cnsn1. The molecular weight excluding hydrogens is 260 g/mol. The molecule has 1 aliphatic carbocycles. The van der Waals surface area contributed by atoms with Gasteiger partial charge in [0, 0.05) is 11.6 Å². The zero-order valence-electron chi connectivity index (χ0n) is 11.0. The molecule has 1 spiro atoms. The van der Waals surface area contributed by atoms with E-state index in [1.165, 1.54) is 38.3 Å². The normalized spacial score (nSPS) is 26.2. The number of hydrogen-bond donors (Lipinski definition) is 2. The summed E-state index contributed by atoms with van der Waals surface area (Å²) in [5, 5.41) is 6.81. The van der Waals surface area contributed by atoms with E-state index in [0.717, 1.165) is 31.1 Å². The highest BCUT2D eigenvalue weighted by molar-refractivity contribution is 6.99. The summed E-state index contributed by atoms with van der Waals surface area (Å²) in [5.41, 5.74) is 0.718. The Morgan fingerprint density at radius 2 is 2.26 bits per heavy atom. The molecule has 5 nitrogen and oxygen atoms in total. The van der Waals surface area contributed by atoms with Crippen LogP contribution in [-0.4, -0.2) is 32.8 Å². The molecule has 0 radical (unpaired) electrons. The zero-order chi connectivity index (χ0) is 13.1. The Labute approximate surface area is 117 Å².